The number of pyridine rings is 1. The van der Waals surface area contributed by atoms with E-state index in [1.165, 1.54) is 6.07 Å². The molecule has 0 radical (unpaired) electrons. The highest BCUT2D eigenvalue weighted by Gasteiger charge is 1.97. The van der Waals surface area contributed by atoms with E-state index in [0.717, 1.165) is 6.42 Å². The summed E-state index contributed by atoms with van der Waals surface area (Å²) in [6, 6.07) is 4.43. The van der Waals surface area contributed by atoms with E-state index in [9.17, 15) is 4.39 Å². The summed E-state index contributed by atoms with van der Waals surface area (Å²) < 4.78 is 28.0. The van der Waals surface area contributed by atoms with Gasteiger partial charge in [0.2, 0.25) is 11.8 Å². The molecule has 0 unspecified atom stereocenters. The second kappa shape index (κ2) is 8.01. The third kappa shape index (κ3) is 5.63. The molecule has 90 valence electrons. The largest absolute Gasteiger partial charge is 0.475 e. The summed E-state index contributed by atoms with van der Waals surface area (Å²) in [5.41, 5.74) is 0. The van der Waals surface area contributed by atoms with Gasteiger partial charge in [-0.05, 0) is 12.5 Å². The van der Waals surface area contributed by atoms with E-state index in [0.29, 0.717) is 26.4 Å². The van der Waals surface area contributed by atoms with Crippen molar-refractivity contribution in [3.8, 4) is 5.88 Å². The molecule has 0 bridgehead atoms. The first-order valence-electron chi connectivity index (χ1n) is 5.15. The fourth-order valence-corrected chi connectivity index (χ4v) is 1.08. The summed E-state index contributed by atoms with van der Waals surface area (Å²) in [4.78, 5) is 3.56. The highest BCUT2D eigenvalue weighted by Crippen LogP contribution is 2.05. The number of hydrogen-bond donors (Lipinski definition) is 0. The van der Waals surface area contributed by atoms with Crippen LogP contribution in [0.5, 0.6) is 5.88 Å². The smallest absolute Gasteiger partial charge is 0.216 e. The molecule has 0 aromatic carbocycles. The molecule has 0 atom stereocenters. The highest BCUT2D eigenvalue weighted by atomic mass is 19.1. The number of halogens is 1. The van der Waals surface area contributed by atoms with Gasteiger partial charge < -0.3 is 14.2 Å². The second-order valence-corrected chi connectivity index (χ2v) is 3.11. The van der Waals surface area contributed by atoms with Crippen LogP contribution in [0.3, 0.4) is 0 Å². The molecule has 16 heavy (non-hydrogen) atoms. The van der Waals surface area contributed by atoms with Gasteiger partial charge in [-0.15, -0.1) is 0 Å². The lowest BCUT2D eigenvalue weighted by Crippen LogP contribution is -2.09. The number of methoxy groups -OCH3 is 1. The average molecular weight is 229 g/mol. The molecule has 0 fully saturated rings. The molecule has 4 nitrogen and oxygen atoms in total. The molecule has 0 saturated carbocycles. The predicted octanol–water partition coefficient (Wildman–Crippen LogP) is 1.65. The Hall–Kier alpha value is -1.20. The Morgan fingerprint density at radius 1 is 1.19 bits per heavy atom. The van der Waals surface area contributed by atoms with Crippen LogP contribution in [0.15, 0.2) is 18.2 Å². The molecule has 1 rings (SSSR count). The van der Waals surface area contributed by atoms with Crippen molar-refractivity contribution >= 4 is 0 Å². The van der Waals surface area contributed by atoms with Crippen molar-refractivity contribution in [3.05, 3.63) is 24.1 Å². The number of nitrogens with zero attached hydrogens (tertiary/aromatic N) is 1. The van der Waals surface area contributed by atoms with E-state index in [4.69, 9.17) is 14.2 Å². The monoisotopic (exact) mass is 229 g/mol. The quantitative estimate of drug-likeness (QED) is 0.502. The van der Waals surface area contributed by atoms with Crippen molar-refractivity contribution in [2.75, 3.05) is 33.5 Å². The van der Waals surface area contributed by atoms with Crippen LogP contribution in [0.4, 0.5) is 4.39 Å². The van der Waals surface area contributed by atoms with E-state index in [1.807, 2.05) is 0 Å². The van der Waals surface area contributed by atoms with E-state index < -0.39 is 5.95 Å². The first-order chi connectivity index (χ1) is 7.83. The third-order valence-corrected chi connectivity index (χ3v) is 1.80. The van der Waals surface area contributed by atoms with Crippen LogP contribution in [-0.4, -0.2) is 38.5 Å². The number of ether oxygens (including phenoxy) is 3. The molecule has 5 heteroatoms. The van der Waals surface area contributed by atoms with Crippen LogP contribution in [0, 0.1) is 5.95 Å². The third-order valence-electron chi connectivity index (χ3n) is 1.80. The number of hydrogen-bond acceptors (Lipinski definition) is 4. The minimum atomic E-state index is -0.543. The van der Waals surface area contributed by atoms with Crippen molar-refractivity contribution in [2.24, 2.45) is 0 Å². The lowest BCUT2D eigenvalue weighted by Gasteiger charge is -2.06. The normalized spacial score (nSPS) is 10.4. The van der Waals surface area contributed by atoms with Gasteiger partial charge in [-0.2, -0.15) is 9.37 Å². The van der Waals surface area contributed by atoms with E-state index in [1.54, 1.807) is 19.2 Å². The standard InChI is InChI=1S/C11H16FNO3/c1-14-6-3-7-15-8-9-16-11-5-2-4-10(12)13-11/h2,4-5H,3,6-9H2,1H3. The fraction of sp³-hybridized carbons (Fsp3) is 0.545. The molecule has 0 N–H and O–H groups in total. The maximum absolute atomic E-state index is 12.6. The van der Waals surface area contributed by atoms with Gasteiger partial charge in [0, 0.05) is 26.4 Å². The van der Waals surface area contributed by atoms with Crippen LogP contribution >= 0.6 is 0 Å². The van der Waals surface area contributed by atoms with Gasteiger partial charge in [-0.1, -0.05) is 6.07 Å². The molecule has 0 aliphatic rings. The van der Waals surface area contributed by atoms with Gasteiger partial charge in [0.05, 0.1) is 6.61 Å². The molecule has 0 saturated heterocycles. The average Bonchev–Trinajstić information content (AvgIpc) is 2.28. The molecule has 1 aromatic rings. The molecule has 0 aliphatic heterocycles. The van der Waals surface area contributed by atoms with Crippen LogP contribution < -0.4 is 4.74 Å². The van der Waals surface area contributed by atoms with Gasteiger partial charge in [0.15, 0.2) is 0 Å². The molecule has 0 aliphatic carbocycles. The topological polar surface area (TPSA) is 40.6 Å². The Balaban J connectivity index is 2.03. The summed E-state index contributed by atoms with van der Waals surface area (Å²) in [7, 11) is 1.65. The molecule has 1 heterocycles. The van der Waals surface area contributed by atoms with Gasteiger partial charge in [-0.3, -0.25) is 0 Å². The lowest BCUT2D eigenvalue weighted by atomic mass is 10.5. The predicted molar refractivity (Wildman–Crippen MR) is 57.0 cm³/mol. The minimum absolute atomic E-state index is 0.278. The zero-order valence-electron chi connectivity index (χ0n) is 9.32. The van der Waals surface area contributed by atoms with Crippen LogP contribution in [0.1, 0.15) is 6.42 Å². The fourth-order valence-electron chi connectivity index (χ4n) is 1.08. The zero-order valence-corrected chi connectivity index (χ0v) is 9.32. The summed E-state index contributed by atoms with van der Waals surface area (Å²) in [6.07, 6.45) is 0.856. The lowest BCUT2D eigenvalue weighted by molar-refractivity contribution is 0.0793. The van der Waals surface area contributed by atoms with Crippen molar-refractivity contribution in [3.63, 3.8) is 0 Å². The Labute approximate surface area is 94.3 Å². The van der Waals surface area contributed by atoms with Crippen LogP contribution in [0.2, 0.25) is 0 Å². The second-order valence-electron chi connectivity index (χ2n) is 3.11. The molecule has 0 spiro atoms. The summed E-state index contributed by atoms with van der Waals surface area (Å²) in [5, 5.41) is 0. The van der Waals surface area contributed by atoms with E-state index in [-0.39, 0.29) is 5.88 Å². The zero-order chi connectivity index (χ0) is 11.6. The van der Waals surface area contributed by atoms with Crippen LogP contribution in [0.25, 0.3) is 0 Å². The number of rotatable bonds is 8. The Bertz CT molecular complexity index is 296. The van der Waals surface area contributed by atoms with Crippen molar-refractivity contribution in [2.45, 2.75) is 6.42 Å². The molecular formula is C11H16FNO3. The first kappa shape index (κ1) is 12.9. The summed E-state index contributed by atoms with van der Waals surface area (Å²) in [5.74, 6) is -0.265. The maximum atomic E-state index is 12.6. The summed E-state index contributed by atoms with van der Waals surface area (Å²) in [6.45, 7) is 2.14. The van der Waals surface area contributed by atoms with Crippen molar-refractivity contribution in [1.82, 2.24) is 4.98 Å². The SMILES string of the molecule is COCCCOCCOc1cccc(F)n1. The molecule has 1 aromatic heterocycles. The van der Waals surface area contributed by atoms with E-state index in [2.05, 4.69) is 4.98 Å². The Kier molecular flexibility index (Phi) is 6.44. The number of aromatic nitrogens is 1. The van der Waals surface area contributed by atoms with Gasteiger partial charge in [0.1, 0.15) is 6.61 Å². The summed E-state index contributed by atoms with van der Waals surface area (Å²) >= 11 is 0. The van der Waals surface area contributed by atoms with Crippen LogP contribution in [-0.2, 0) is 9.47 Å². The van der Waals surface area contributed by atoms with E-state index >= 15 is 0 Å². The van der Waals surface area contributed by atoms with Gasteiger partial charge in [0.25, 0.3) is 0 Å². The highest BCUT2D eigenvalue weighted by molar-refractivity contribution is 5.10. The first-order valence-corrected chi connectivity index (χ1v) is 5.15. The molecular weight excluding hydrogens is 213 g/mol. The minimum Gasteiger partial charge on any atom is -0.475 e. The Morgan fingerprint density at radius 3 is 2.81 bits per heavy atom. The maximum Gasteiger partial charge on any atom is 0.216 e. The van der Waals surface area contributed by atoms with Gasteiger partial charge >= 0.3 is 0 Å². The molecule has 0 amide bonds. The van der Waals surface area contributed by atoms with Crippen molar-refractivity contribution < 1.29 is 18.6 Å². The Morgan fingerprint density at radius 2 is 2.06 bits per heavy atom. The van der Waals surface area contributed by atoms with Crippen molar-refractivity contribution in [1.29, 1.82) is 0 Å². The van der Waals surface area contributed by atoms with Gasteiger partial charge in [-0.25, -0.2) is 0 Å².